The summed E-state index contributed by atoms with van der Waals surface area (Å²) < 4.78 is 81.4. The van der Waals surface area contributed by atoms with Gasteiger partial charge in [0.1, 0.15) is 5.56 Å². The molecule has 0 saturated carbocycles. The van der Waals surface area contributed by atoms with E-state index >= 15 is 0 Å². The fourth-order valence-corrected chi connectivity index (χ4v) is 5.04. The summed E-state index contributed by atoms with van der Waals surface area (Å²) in [7, 11) is 1.99. The van der Waals surface area contributed by atoms with Gasteiger partial charge < -0.3 is 24.8 Å². The molecule has 1 fully saturated rings. The number of anilines is 1. The van der Waals surface area contributed by atoms with Crippen LogP contribution >= 0.6 is 0 Å². The van der Waals surface area contributed by atoms with Gasteiger partial charge in [0.15, 0.2) is 29.6 Å². The molecule has 2 heterocycles. The highest BCUT2D eigenvalue weighted by Gasteiger charge is 2.33. The van der Waals surface area contributed by atoms with Gasteiger partial charge in [-0.3, -0.25) is 9.78 Å². The SMILES string of the molecule is CN(CCc1ccccn1)C[C@@H]1C[C@H](c2ccc(CO)cc2)O[C@H](c2ccc(NC(=O)c3c(F)c(F)c(F)c(F)c3F)cc2)O1. The second-order valence-electron chi connectivity index (χ2n) is 10.7. The van der Waals surface area contributed by atoms with E-state index in [1.165, 1.54) is 12.1 Å². The number of amides is 1. The Morgan fingerprint density at radius 2 is 1.53 bits per heavy atom. The second kappa shape index (κ2) is 14.2. The molecule has 4 aromatic rings. The maximum atomic E-state index is 14.1. The van der Waals surface area contributed by atoms with E-state index in [0.717, 1.165) is 29.8 Å². The largest absolute Gasteiger partial charge is 0.392 e. The minimum absolute atomic E-state index is 0.0467. The van der Waals surface area contributed by atoms with Crippen LogP contribution < -0.4 is 5.32 Å². The third-order valence-corrected chi connectivity index (χ3v) is 7.48. The number of pyridine rings is 1. The minimum atomic E-state index is -2.35. The number of carbonyl (C=O) groups excluding carboxylic acids is 1. The Bertz CT molecular complexity index is 1600. The summed E-state index contributed by atoms with van der Waals surface area (Å²) in [5.74, 6) is -12.7. The van der Waals surface area contributed by atoms with Crippen molar-refractivity contribution in [2.75, 3.05) is 25.5 Å². The molecule has 1 aromatic heterocycles. The first kappa shape index (κ1) is 32.2. The lowest BCUT2D eigenvalue weighted by atomic mass is 9.99. The molecule has 0 bridgehead atoms. The summed E-state index contributed by atoms with van der Waals surface area (Å²) in [6.45, 7) is 1.25. The van der Waals surface area contributed by atoms with E-state index in [9.17, 15) is 31.9 Å². The second-order valence-corrected chi connectivity index (χ2v) is 10.7. The Kier molecular flexibility index (Phi) is 10.2. The molecule has 12 heteroatoms. The Morgan fingerprint density at radius 1 is 0.889 bits per heavy atom. The molecule has 7 nitrogen and oxygen atoms in total. The molecule has 1 aliphatic heterocycles. The van der Waals surface area contributed by atoms with Crippen molar-refractivity contribution in [2.45, 2.75) is 37.9 Å². The van der Waals surface area contributed by atoms with E-state index in [-0.39, 0.29) is 24.5 Å². The number of benzene rings is 3. The summed E-state index contributed by atoms with van der Waals surface area (Å²) in [6.07, 6.45) is 1.65. The van der Waals surface area contributed by atoms with Crippen molar-refractivity contribution in [3.05, 3.63) is 130 Å². The monoisotopic (exact) mass is 627 g/mol. The summed E-state index contributed by atoms with van der Waals surface area (Å²) in [5.41, 5.74) is 1.67. The van der Waals surface area contributed by atoms with E-state index in [4.69, 9.17) is 9.47 Å². The number of nitrogens with zero attached hydrogens (tertiary/aromatic N) is 2. The van der Waals surface area contributed by atoms with E-state index in [0.29, 0.717) is 18.5 Å². The van der Waals surface area contributed by atoms with E-state index in [1.807, 2.05) is 49.5 Å². The molecule has 236 valence electrons. The number of nitrogens with one attached hydrogen (secondary N) is 1. The molecule has 1 aliphatic rings. The minimum Gasteiger partial charge on any atom is -0.392 e. The predicted molar refractivity (Wildman–Crippen MR) is 154 cm³/mol. The number of aromatic nitrogens is 1. The highest BCUT2D eigenvalue weighted by Crippen LogP contribution is 2.38. The molecule has 1 saturated heterocycles. The molecule has 0 aliphatic carbocycles. The van der Waals surface area contributed by atoms with Gasteiger partial charge >= 0.3 is 0 Å². The number of carbonyl (C=O) groups is 1. The molecule has 3 aromatic carbocycles. The van der Waals surface area contributed by atoms with Gasteiger partial charge in [-0.15, -0.1) is 0 Å². The van der Waals surface area contributed by atoms with Gasteiger partial charge in [-0.25, -0.2) is 22.0 Å². The van der Waals surface area contributed by atoms with Crippen molar-refractivity contribution in [3.63, 3.8) is 0 Å². The summed E-state index contributed by atoms with van der Waals surface area (Å²) >= 11 is 0. The molecule has 0 unspecified atom stereocenters. The molecule has 45 heavy (non-hydrogen) atoms. The highest BCUT2D eigenvalue weighted by atomic mass is 19.2. The lowest BCUT2D eigenvalue weighted by molar-refractivity contribution is -0.252. The number of rotatable bonds is 10. The normalized spacial score (nSPS) is 18.3. The predicted octanol–water partition coefficient (Wildman–Crippen LogP) is 6.24. The Morgan fingerprint density at radius 3 is 2.16 bits per heavy atom. The van der Waals surface area contributed by atoms with Crippen LogP contribution in [0.1, 0.15) is 51.6 Å². The quantitative estimate of drug-likeness (QED) is 0.123. The summed E-state index contributed by atoms with van der Waals surface area (Å²) in [6, 6.07) is 19.1. The molecule has 2 N–H and O–H groups in total. The topological polar surface area (TPSA) is 83.9 Å². The lowest BCUT2D eigenvalue weighted by Crippen LogP contribution is -2.38. The van der Waals surface area contributed by atoms with Crippen LogP contribution in [0.5, 0.6) is 0 Å². The first-order chi connectivity index (χ1) is 21.6. The summed E-state index contributed by atoms with van der Waals surface area (Å²) in [4.78, 5) is 19.0. The van der Waals surface area contributed by atoms with Crippen LogP contribution in [-0.2, 0) is 22.5 Å². The zero-order valence-electron chi connectivity index (χ0n) is 24.2. The van der Waals surface area contributed by atoms with Crippen molar-refractivity contribution >= 4 is 11.6 Å². The molecule has 3 atom stereocenters. The van der Waals surface area contributed by atoms with Crippen molar-refractivity contribution in [2.24, 2.45) is 0 Å². The smallest absolute Gasteiger partial charge is 0.261 e. The fourth-order valence-electron chi connectivity index (χ4n) is 5.04. The number of aliphatic hydroxyl groups is 1. The average Bonchev–Trinajstić information content (AvgIpc) is 3.06. The van der Waals surface area contributed by atoms with Crippen molar-refractivity contribution in [3.8, 4) is 0 Å². The summed E-state index contributed by atoms with van der Waals surface area (Å²) in [5, 5.41) is 11.6. The zero-order valence-corrected chi connectivity index (χ0v) is 24.2. The van der Waals surface area contributed by atoms with Gasteiger partial charge in [-0.2, -0.15) is 0 Å². The number of ether oxygens (including phenoxy) is 2. The zero-order chi connectivity index (χ0) is 32.1. The van der Waals surface area contributed by atoms with Crippen LogP contribution in [0.25, 0.3) is 0 Å². The van der Waals surface area contributed by atoms with E-state index in [1.54, 1.807) is 18.3 Å². The van der Waals surface area contributed by atoms with E-state index in [2.05, 4.69) is 15.2 Å². The highest BCUT2D eigenvalue weighted by molar-refractivity contribution is 6.04. The van der Waals surface area contributed by atoms with Gasteiger partial charge in [-0.1, -0.05) is 42.5 Å². The standard InChI is InChI=1S/C33H30F5N3O4/c1-41(15-13-22-4-2-3-14-39-22)17-24-16-25(20-7-5-19(18-42)6-8-20)45-33(44-24)21-9-11-23(12-10-21)40-32(43)26-27(34)29(36)31(38)30(37)28(26)35/h2-12,14,24-25,33,42H,13,15-18H2,1H3,(H,40,43)/t24-,25+,33+/m0/s1. The lowest BCUT2D eigenvalue weighted by Gasteiger charge is -2.38. The number of hydrogen-bond acceptors (Lipinski definition) is 6. The maximum absolute atomic E-state index is 14.1. The van der Waals surface area contributed by atoms with Crippen molar-refractivity contribution in [1.82, 2.24) is 9.88 Å². The van der Waals surface area contributed by atoms with Gasteiger partial charge in [0, 0.05) is 49.1 Å². The van der Waals surface area contributed by atoms with Crippen LogP contribution in [0.15, 0.2) is 72.9 Å². The van der Waals surface area contributed by atoms with Crippen molar-refractivity contribution < 1.29 is 41.3 Å². The van der Waals surface area contributed by atoms with Crippen LogP contribution in [0.4, 0.5) is 27.6 Å². The fraction of sp³-hybridized carbons (Fsp3) is 0.273. The molecular weight excluding hydrogens is 597 g/mol. The molecule has 0 radical (unpaired) electrons. The number of halogens is 5. The Labute approximate surface area is 256 Å². The first-order valence-electron chi connectivity index (χ1n) is 14.2. The Balaban J connectivity index is 1.31. The average molecular weight is 628 g/mol. The van der Waals surface area contributed by atoms with Crippen LogP contribution in [0.3, 0.4) is 0 Å². The first-order valence-corrected chi connectivity index (χ1v) is 14.2. The van der Waals surface area contributed by atoms with Gasteiger partial charge in [0.25, 0.3) is 5.91 Å². The van der Waals surface area contributed by atoms with E-state index < -0.39 is 46.8 Å². The van der Waals surface area contributed by atoms with Gasteiger partial charge in [-0.05, 0) is 42.4 Å². The number of hydrogen-bond donors (Lipinski definition) is 2. The molecule has 1 amide bonds. The molecule has 0 spiro atoms. The van der Waals surface area contributed by atoms with Crippen LogP contribution in [-0.4, -0.2) is 47.1 Å². The number of aliphatic hydroxyl groups excluding tert-OH is 1. The van der Waals surface area contributed by atoms with Gasteiger partial charge in [0.05, 0.1) is 18.8 Å². The van der Waals surface area contributed by atoms with Crippen LogP contribution in [0.2, 0.25) is 0 Å². The van der Waals surface area contributed by atoms with Gasteiger partial charge in [0.2, 0.25) is 5.82 Å². The number of likely N-dealkylation sites (N-methyl/N-ethyl adjacent to an activating group) is 1. The Hall–Kier alpha value is -4.23. The maximum Gasteiger partial charge on any atom is 0.261 e. The third-order valence-electron chi connectivity index (χ3n) is 7.48. The molecular formula is C33H30F5N3O4. The third kappa shape index (κ3) is 7.54. The van der Waals surface area contributed by atoms with Crippen molar-refractivity contribution in [1.29, 1.82) is 0 Å². The van der Waals surface area contributed by atoms with Crippen LogP contribution in [0, 0.1) is 29.1 Å². The molecule has 5 rings (SSSR count).